The number of hydrogen-bond acceptors (Lipinski definition) is 2. The zero-order valence-electron chi connectivity index (χ0n) is 22.8. The first-order chi connectivity index (χ1) is 17.3. The first-order valence-electron chi connectivity index (χ1n) is 14.9. The summed E-state index contributed by atoms with van der Waals surface area (Å²) in [6.07, 6.45) is 17.6. The molecule has 0 aliphatic carbocycles. The largest absolute Gasteiger partial charge is 0.300 e. The van der Waals surface area contributed by atoms with Crippen LogP contribution in [0.2, 0.25) is 0 Å². The molecule has 2 aromatic rings. The Morgan fingerprint density at radius 2 is 0.971 bits per heavy atom. The summed E-state index contributed by atoms with van der Waals surface area (Å²) in [5, 5.41) is 0. The summed E-state index contributed by atoms with van der Waals surface area (Å²) < 4.78 is 0. The molecule has 2 saturated heterocycles. The molecule has 4 rings (SSSR count). The predicted molar refractivity (Wildman–Crippen MR) is 153 cm³/mol. The summed E-state index contributed by atoms with van der Waals surface area (Å²) in [6.45, 7) is 9.88. The smallest absolute Gasteiger partial charge is 0.0136 e. The molecule has 2 atom stereocenters. The molecule has 2 fully saturated rings. The first-order valence-corrected chi connectivity index (χ1v) is 14.9. The zero-order chi connectivity index (χ0) is 24.6. The molecule has 2 heteroatoms. The molecule has 2 unspecified atom stereocenters. The van der Waals surface area contributed by atoms with E-state index in [0.29, 0.717) is 0 Å². The van der Waals surface area contributed by atoms with Crippen LogP contribution in [0.1, 0.15) is 95.6 Å². The van der Waals surface area contributed by atoms with E-state index in [2.05, 4.69) is 84.3 Å². The molecule has 0 radical (unpaired) electrons. The molecular weight excluding hydrogens is 424 g/mol. The van der Waals surface area contributed by atoms with Gasteiger partial charge in [0.15, 0.2) is 0 Å². The van der Waals surface area contributed by atoms with Crippen molar-refractivity contribution in [3.63, 3.8) is 0 Å². The topological polar surface area (TPSA) is 6.48 Å². The van der Waals surface area contributed by atoms with Crippen molar-refractivity contribution < 1.29 is 0 Å². The molecule has 0 spiro atoms. The zero-order valence-corrected chi connectivity index (χ0v) is 22.8. The van der Waals surface area contributed by atoms with E-state index >= 15 is 0 Å². The Morgan fingerprint density at radius 1 is 0.543 bits per heavy atom. The van der Waals surface area contributed by atoms with Crippen LogP contribution < -0.4 is 0 Å². The molecule has 194 valence electrons. The highest BCUT2D eigenvalue weighted by Gasteiger charge is 2.21. The average molecular weight is 477 g/mol. The van der Waals surface area contributed by atoms with E-state index in [-0.39, 0.29) is 0 Å². The third-order valence-corrected chi connectivity index (χ3v) is 7.96. The maximum atomic E-state index is 2.74. The Kier molecular flexibility index (Phi) is 13.5. The van der Waals surface area contributed by atoms with Crippen molar-refractivity contribution in [2.75, 3.05) is 26.2 Å². The Morgan fingerprint density at radius 3 is 1.37 bits per heavy atom. The number of hydrogen-bond donors (Lipinski definition) is 0. The number of benzene rings is 2. The molecule has 0 N–H and O–H groups in total. The van der Waals surface area contributed by atoms with E-state index in [1.165, 1.54) is 121 Å². The van der Waals surface area contributed by atoms with Crippen LogP contribution in [-0.4, -0.2) is 48.1 Å². The van der Waals surface area contributed by atoms with Crippen LogP contribution >= 0.6 is 0 Å². The van der Waals surface area contributed by atoms with Crippen molar-refractivity contribution in [3.8, 4) is 0 Å². The molecule has 35 heavy (non-hydrogen) atoms. The molecule has 2 aliphatic heterocycles. The molecule has 2 aliphatic rings. The standard InChI is InChI=1S/C17H27N.C16H25N/c1-2-3-12-17(18-13-8-5-9-14-18)15-16-10-6-4-7-11-16;1-2-9-16(17-12-7-4-8-13-17)14-15-10-5-3-6-11-15/h4,6-7,10-11,17H,2-3,5,8-9,12-15H2,1H3;3,5-6,10-11,16H,2,4,7-9,12-14H2,1H3. The van der Waals surface area contributed by atoms with Gasteiger partial charge in [-0.3, -0.25) is 0 Å². The highest BCUT2D eigenvalue weighted by Crippen LogP contribution is 2.20. The quantitative estimate of drug-likeness (QED) is 0.323. The number of unbranched alkanes of at least 4 members (excludes halogenated alkanes) is 1. The van der Waals surface area contributed by atoms with E-state index in [0.717, 1.165) is 12.1 Å². The molecule has 2 aromatic carbocycles. The fraction of sp³-hybridized carbons (Fsp3) is 0.636. The van der Waals surface area contributed by atoms with Crippen LogP contribution in [0.5, 0.6) is 0 Å². The molecular formula is C33H52N2. The van der Waals surface area contributed by atoms with Gasteiger partial charge in [-0.2, -0.15) is 0 Å². The summed E-state index contributed by atoms with van der Waals surface area (Å²) in [5.74, 6) is 0. The summed E-state index contributed by atoms with van der Waals surface area (Å²) in [7, 11) is 0. The van der Waals surface area contributed by atoms with Crippen molar-refractivity contribution in [1.29, 1.82) is 0 Å². The lowest BCUT2D eigenvalue weighted by Crippen LogP contribution is -2.40. The summed E-state index contributed by atoms with van der Waals surface area (Å²) in [6, 6.07) is 23.5. The number of rotatable bonds is 11. The first kappa shape index (κ1) is 27.9. The lowest BCUT2D eigenvalue weighted by Gasteiger charge is -2.35. The fourth-order valence-corrected chi connectivity index (χ4v) is 5.94. The van der Waals surface area contributed by atoms with Gasteiger partial charge in [0.2, 0.25) is 0 Å². The summed E-state index contributed by atoms with van der Waals surface area (Å²) in [4.78, 5) is 5.46. The second-order valence-corrected chi connectivity index (χ2v) is 10.8. The van der Waals surface area contributed by atoms with Gasteiger partial charge in [0.1, 0.15) is 0 Å². The van der Waals surface area contributed by atoms with E-state index in [1.807, 2.05) is 0 Å². The Labute approximate surface area is 217 Å². The highest BCUT2D eigenvalue weighted by atomic mass is 15.2. The van der Waals surface area contributed by atoms with E-state index in [4.69, 9.17) is 0 Å². The Balaban J connectivity index is 0.000000196. The van der Waals surface area contributed by atoms with Crippen molar-refractivity contribution in [3.05, 3.63) is 71.8 Å². The summed E-state index contributed by atoms with van der Waals surface area (Å²) >= 11 is 0. The minimum atomic E-state index is 0.766. The minimum absolute atomic E-state index is 0.766. The molecule has 2 nitrogen and oxygen atoms in total. The van der Waals surface area contributed by atoms with Gasteiger partial charge in [-0.25, -0.2) is 0 Å². The van der Waals surface area contributed by atoms with Gasteiger partial charge in [-0.05, 0) is 88.7 Å². The van der Waals surface area contributed by atoms with E-state index < -0.39 is 0 Å². The molecule has 0 aromatic heterocycles. The number of likely N-dealkylation sites (tertiary alicyclic amines) is 2. The van der Waals surface area contributed by atoms with Crippen LogP contribution in [0, 0.1) is 0 Å². The van der Waals surface area contributed by atoms with Gasteiger partial charge < -0.3 is 9.80 Å². The Hall–Kier alpha value is -1.64. The van der Waals surface area contributed by atoms with Crippen LogP contribution in [-0.2, 0) is 12.8 Å². The van der Waals surface area contributed by atoms with Crippen molar-refractivity contribution in [2.45, 2.75) is 109 Å². The maximum Gasteiger partial charge on any atom is 0.0136 e. The van der Waals surface area contributed by atoms with Crippen LogP contribution in [0.3, 0.4) is 0 Å². The maximum absolute atomic E-state index is 2.74. The molecule has 0 bridgehead atoms. The van der Waals surface area contributed by atoms with Crippen molar-refractivity contribution >= 4 is 0 Å². The number of piperidine rings is 2. The second kappa shape index (κ2) is 16.9. The molecule has 0 saturated carbocycles. The van der Waals surface area contributed by atoms with Crippen LogP contribution in [0.15, 0.2) is 60.7 Å². The Bertz CT molecular complexity index is 747. The normalized spacial score (nSPS) is 18.9. The lowest BCUT2D eigenvalue weighted by molar-refractivity contribution is 0.152. The fourth-order valence-electron chi connectivity index (χ4n) is 5.94. The second-order valence-electron chi connectivity index (χ2n) is 10.8. The van der Waals surface area contributed by atoms with Crippen LogP contribution in [0.4, 0.5) is 0 Å². The van der Waals surface area contributed by atoms with Gasteiger partial charge in [-0.1, -0.05) is 107 Å². The average Bonchev–Trinajstić information content (AvgIpc) is 2.93. The van der Waals surface area contributed by atoms with Crippen molar-refractivity contribution in [1.82, 2.24) is 9.80 Å². The SMILES string of the molecule is CCCC(Cc1ccccc1)N1CCCCC1.CCCCC(Cc1ccccc1)N1CCCCC1. The lowest BCUT2D eigenvalue weighted by atomic mass is 9.97. The third-order valence-electron chi connectivity index (χ3n) is 7.96. The molecule has 0 amide bonds. The van der Waals surface area contributed by atoms with Crippen molar-refractivity contribution in [2.24, 2.45) is 0 Å². The summed E-state index contributed by atoms with van der Waals surface area (Å²) in [5.41, 5.74) is 3.00. The molecule has 2 heterocycles. The number of nitrogens with zero attached hydrogens (tertiary/aromatic N) is 2. The van der Waals surface area contributed by atoms with Gasteiger partial charge in [0.25, 0.3) is 0 Å². The predicted octanol–water partition coefficient (Wildman–Crippen LogP) is 8.16. The highest BCUT2D eigenvalue weighted by molar-refractivity contribution is 5.16. The minimum Gasteiger partial charge on any atom is -0.300 e. The van der Waals surface area contributed by atoms with E-state index in [1.54, 1.807) is 0 Å². The van der Waals surface area contributed by atoms with Gasteiger partial charge >= 0.3 is 0 Å². The van der Waals surface area contributed by atoms with Gasteiger partial charge in [0, 0.05) is 12.1 Å². The van der Waals surface area contributed by atoms with Crippen LogP contribution in [0.25, 0.3) is 0 Å². The monoisotopic (exact) mass is 476 g/mol. The van der Waals surface area contributed by atoms with Gasteiger partial charge in [-0.15, -0.1) is 0 Å². The third kappa shape index (κ3) is 10.5. The van der Waals surface area contributed by atoms with Gasteiger partial charge in [0.05, 0.1) is 0 Å². The van der Waals surface area contributed by atoms with E-state index in [9.17, 15) is 0 Å².